The van der Waals surface area contributed by atoms with Crippen LogP contribution in [-0.2, 0) is 16.0 Å². The molecule has 0 aromatic carbocycles. The van der Waals surface area contributed by atoms with Crippen molar-refractivity contribution in [1.29, 1.82) is 0 Å². The summed E-state index contributed by atoms with van der Waals surface area (Å²) in [5, 5.41) is 3.70. The van der Waals surface area contributed by atoms with E-state index in [2.05, 4.69) is 10.1 Å². The van der Waals surface area contributed by atoms with E-state index >= 15 is 0 Å². The highest BCUT2D eigenvalue weighted by Gasteiger charge is 2.31. The van der Waals surface area contributed by atoms with E-state index in [4.69, 9.17) is 9.26 Å². The van der Waals surface area contributed by atoms with Crippen molar-refractivity contribution in [3.8, 4) is 0 Å². The first-order valence-corrected chi connectivity index (χ1v) is 6.61. The third kappa shape index (κ3) is 3.49. The van der Waals surface area contributed by atoms with Crippen LogP contribution in [0.4, 0.5) is 8.78 Å². The lowest BCUT2D eigenvalue weighted by Crippen LogP contribution is -2.10. The lowest BCUT2D eigenvalue weighted by Gasteiger charge is -2.00. The monoisotopic (exact) mass is 278 g/mol. The quantitative estimate of drug-likeness (QED) is 0.731. The molecule has 1 aromatic heterocycles. The van der Waals surface area contributed by atoms with Crippen LogP contribution >= 0.6 is 11.8 Å². The van der Waals surface area contributed by atoms with Gasteiger partial charge in [-0.3, -0.25) is 4.79 Å². The van der Waals surface area contributed by atoms with Gasteiger partial charge in [0.2, 0.25) is 5.89 Å². The molecule has 18 heavy (non-hydrogen) atoms. The summed E-state index contributed by atoms with van der Waals surface area (Å²) < 4.78 is 33.3. The summed E-state index contributed by atoms with van der Waals surface area (Å²) in [6, 6.07) is 0. The molecule has 5 nitrogen and oxygen atoms in total. The van der Waals surface area contributed by atoms with Gasteiger partial charge in [-0.25, -0.2) is 8.78 Å². The van der Waals surface area contributed by atoms with E-state index in [9.17, 15) is 13.6 Å². The Hall–Kier alpha value is -1.02. The average molecular weight is 278 g/mol. The highest BCUT2D eigenvalue weighted by atomic mass is 32.2. The minimum absolute atomic E-state index is 0.0872. The van der Waals surface area contributed by atoms with Crippen molar-refractivity contribution < 1.29 is 22.8 Å². The smallest absolute Gasteiger partial charge is 0.261 e. The Morgan fingerprint density at radius 1 is 1.56 bits per heavy atom. The van der Waals surface area contributed by atoms with Gasteiger partial charge in [0, 0.05) is 12.2 Å². The second-order valence-electron chi connectivity index (χ2n) is 3.80. The van der Waals surface area contributed by atoms with Crippen LogP contribution < -0.4 is 0 Å². The predicted octanol–water partition coefficient (Wildman–Crippen LogP) is 1.29. The SMILES string of the molecule is O=C1CSCC1c1nc(CCOCC(F)F)no1. The summed E-state index contributed by atoms with van der Waals surface area (Å²) in [7, 11) is 0. The Labute approximate surface area is 106 Å². The molecule has 0 radical (unpaired) electrons. The fourth-order valence-corrected chi connectivity index (χ4v) is 2.61. The number of aromatic nitrogens is 2. The molecule has 1 aromatic rings. The van der Waals surface area contributed by atoms with E-state index in [1.165, 1.54) is 11.8 Å². The summed E-state index contributed by atoms with van der Waals surface area (Å²) in [6.07, 6.45) is -2.18. The van der Waals surface area contributed by atoms with Crippen molar-refractivity contribution in [2.75, 3.05) is 24.7 Å². The van der Waals surface area contributed by atoms with Crippen LogP contribution in [0.15, 0.2) is 4.52 Å². The van der Waals surface area contributed by atoms with Gasteiger partial charge >= 0.3 is 0 Å². The first-order valence-electron chi connectivity index (χ1n) is 5.45. The van der Waals surface area contributed by atoms with Gasteiger partial charge in [-0.15, -0.1) is 0 Å². The molecule has 8 heteroatoms. The minimum Gasteiger partial charge on any atom is -0.375 e. The first kappa shape index (κ1) is 13.4. The molecule has 0 spiro atoms. The van der Waals surface area contributed by atoms with Gasteiger partial charge in [0.15, 0.2) is 11.6 Å². The molecule has 2 rings (SSSR count). The summed E-state index contributed by atoms with van der Waals surface area (Å²) in [6.45, 7) is -0.487. The molecule has 100 valence electrons. The Balaban J connectivity index is 1.81. The normalized spacial score (nSPS) is 19.9. The molecule has 1 aliphatic rings. The fourth-order valence-electron chi connectivity index (χ4n) is 1.53. The van der Waals surface area contributed by atoms with E-state index in [1.807, 2.05) is 0 Å². The van der Waals surface area contributed by atoms with Gasteiger partial charge < -0.3 is 9.26 Å². The molecule has 0 amide bonds. The maximum Gasteiger partial charge on any atom is 0.261 e. The molecule has 0 bridgehead atoms. The van der Waals surface area contributed by atoms with E-state index in [1.54, 1.807) is 0 Å². The highest BCUT2D eigenvalue weighted by Crippen LogP contribution is 2.28. The lowest BCUT2D eigenvalue weighted by atomic mass is 10.1. The number of Topliss-reactive ketones (excluding diaryl/α,β-unsaturated/α-hetero) is 1. The topological polar surface area (TPSA) is 65.2 Å². The van der Waals surface area contributed by atoms with Gasteiger partial charge in [0.05, 0.1) is 12.4 Å². The molecular weight excluding hydrogens is 266 g/mol. The number of carbonyl (C=O) groups is 1. The molecule has 2 heterocycles. The first-order chi connectivity index (χ1) is 8.66. The van der Waals surface area contributed by atoms with Gasteiger partial charge in [-0.1, -0.05) is 5.16 Å². The van der Waals surface area contributed by atoms with Crippen LogP contribution in [0, 0.1) is 0 Å². The maximum atomic E-state index is 11.8. The van der Waals surface area contributed by atoms with Crippen molar-refractivity contribution >= 4 is 17.5 Å². The summed E-state index contributed by atoms with van der Waals surface area (Å²) in [5.41, 5.74) is 0. The maximum absolute atomic E-state index is 11.8. The molecular formula is C10H12F2N2O3S. The molecule has 1 saturated heterocycles. The Bertz CT molecular complexity index is 414. The van der Waals surface area contributed by atoms with Crippen molar-refractivity contribution in [2.45, 2.75) is 18.8 Å². The van der Waals surface area contributed by atoms with Crippen LogP contribution in [0.25, 0.3) is 0 Å². The Kier molecular flexibility index (Phi) is 4.65. The molecule has 0 N–H and O–H groups in total. The highest BCUT2D eigenvalue weighted by molar-refractivity contribution is 8.00. The van der Waals surface area contributed by atoms with Crippen LogP contribution in [0.5, 0.6) is 0 Å². The van der Waals surface area contributed by atoms with Crippen molar-refractivity contribution in [2.24, 2.45) is 0 Å². The van der Waals surface area contributed by atoms with Crippen molar-refractivity contribution in [3.05, 3.63) is 11.7 Å². The molecule has 1 fully saturated rings. The molecule has 1 atom stereocenters. The fraction of sp³-hybridized carbons (Fsp3) is 0.700. The average Bonchev–Trinajstić information content (AvgIpc) is 2.92. The number of hydrogen-bond donors (Lipinski definition) is 0. The van der Waals surface area contributed by atoms with Crippen LogP contribution in [0.3, 0.4) is 0 Å². The molecule has 0 aliphatic carbocycles. The molecule has 0 saturated carbocycles. The lowest BCUT2D eigenvalue weighted by molar-refractivity contribution is -0.117. The van der Waals surface area contributed by atoms with Gasteiger partial charge in [-0.2, -0.15) is 16.7 Å². The summed E-state index contributed by atoms with van der Waals surface area (Å²) >= 11 is 1.53. The third-order valence-corrected chi connectivity index (χ3v) is 3.47. The molecule has 1 aliphatic heterocycles. The minimum atomic E-state index is -2.47. The third-order valence-electron chi connectivity index (χ3n) is 2.41. The summed E-state index contributed by atoms with van der Waals surface area (Å²) in [4.78, 5) is 15.5. The van der Waals surface area contributed by atoms with Crippen LogP contribution in [-0.4, -0.2) is 47.1 Å². The zero-order valence-electron chi connectivity index (χ0n) is 9.47. The van der Waals surface area contributed by atoms with Crippen molar-refractivity contribution in [3.63, 3.8) is 0 Å². The van der Waals surface area contributed by atoms with E-state index in [-0.39, 0.29) is 18.3 Å². The standard InChI is InChI=1S/C10H12F2N2O3S/c11-8(12)3-16-2-1-9-13-10(17-14-9)6-4-18-5-7(6)15/h6,8H,1-5H2. The Morgan fingerprint density at radius 3 is 3.06 bits per heavy atom. The number of halogens is 2. The number of nitrogens with zero attached hydrogens (tertiary/aromatic N) is 2. The molecule has 1 unspecified atom stereocenters. The number of carbonyl (C=O) groups excluding carboxylic acids is 1. The van der Waals surface area contributed by atoms with Crippen LogP contribution in [0.2, 0.25) is 0 Å². The number of thioether (sulfide) groups is 1. The van der Waals surface area contributed by atoms with E-state index in [0.29, 0.717) is 29.6 Å². The predicted molar refractivity (Wildman–Crippen MR) is 59.9 cm³/mol. The number of hydrogen-bond acceptors (Lipinski definition) is 6. The van der Waals surface area contributed by atoms with E-state index in [0.717, 1.165) is 0 Å². The number of ether oxygens (including phenoxy) is 1. The summed E-state index contributed by atoms with van der Waals surface area (Å²) in [5.74, 6) is 1.59. The van der Waals surface area contributed by atoms with Gasteiger partial charge in [0.1, 0.15) is 12.5 Å². The zero-order valence-corrected chi connectivity index (χ0v) is 10.3. The largest absolute Gasteiger partial charge is 0.375 e. The van der Waals surface area contributed by atoms with Gasteiger partial charge in [0.25, 0.3) is 6.43 Å². The number of rotatable bonds is 6. The Morgan fingerprint density at radius 2 is 2.39 bits per heavy atom. The van der Waals surface area contributed by atoms with Gasteiger partial charge in [-0.05, 0) is 0 Å². The second-order valence-corrected chi connectivity index (χ2v) is 4.83. The van der Waals surface area contributed by atoms with Crippen LogP contribution in [0.1, 0.15) is 17.6 Å². The number of ketones is 1. The zero-order chi connectivity index (χ0) is 13.0. The second kappa shape index (κ2) is 6.24. The van der Waals surface area contributed by atoms with Crippen molar-refractivity contribution in [1.82, 2.24) is 10.1 Å². The van der Waals surface area contributed by atoms with E-state index < -0.39 is 13.0 Å². The number of alkyl halides is 2.